The lowest BCUT2D eigenvalue weighted by molar-refractivity contribution is 0.980. The second-order valence-corrected chi connectivity index (χ2v) is 3.23. The zero-order valence-electron chi connectivity index (χ0n) is 9.01. The lowest BCUT2D eigenvalue weighted by atomic mass is 10.1. The van der Waals surface area contributed by atoms with Crippen LogP contribution >= 0.6 is 0 Å². The average Bonchev–Trinajstić information content (AvgIpc) is 2.14. The molecule has 13 heavy (non-hydrogen) atoms. The molecule has 0 fully saturated rings. The summed E-state index contributed by atoms with van der Waals surface area (Å²) in [4.78, 5) is 0. The number of hydrogen-bond acceptors (Lipinski definition) is 0. The van der Waals surface area contributed by atoms with Gasteiger partial charge in [0.25, 0.3) is 0 Å². The molecule has 0 atom stereocenters. The Hall–Kier alpha value is -1.04. The van der Waals surface area contributed by atoms with E-state index in [-0.39, 0.29) is 0 Å². The van der Waals surface area contributed by atoms with Crippen LogP contribution in [-0.4, -0.2) is 0 Å². The van der Waals surface area contributed by atoms with Gasteiger partial charge < -0.3 is 0 Å². The van der Waals surface area contributed by atoms with Gasteiger partial charge >= 0.3 is 0 Å². The van der Waals surface area contributed by atoms with Crippen LogP contribution in [0.4, 0.5) is 0 Å². The van der Waals surface area contributed by atoms with Crippen molar-refractivity contribution < 1.29 is 0 Å². The van der Waals surface area contributed by atoms with E-state index in [0.717, 1.165) is 12.8 Å². The third-order valence-corrected chi connectivity index (χ3v) is 1.94. The van der Waals surface area contributed by atoms with Crippen LogP contribution in [-0.2, 0) is 0 Å². The van der Waals surface area contributed by atoms with Crippen LogP contribution < -0.4 is 0 Å². The van der Waals surface area contributed by atoms with Gasteiger partial charge in [0.2, 0.25) is 0 Å². The first kappa shape index (κ1) is 12.0. The van der Waals surface area contributed by atoms with Crippen LogP contribution in [0.2, 0.25) is 0 Å². The monoisotopic (exact) mass is 176 g/mol. The Bertz CT molecular complexity index is 226. The lowest BCUT2D eigenvalue weighted by Crippen LogP contribution is -1.73. The third kappa shape index (κ3) is 7.32. The summed E-state index contributed by atoms with van der Waals surface area (Å²) in [6.07, 6.45) is 12.6. The maximum absolute atomic E-state index is 3.70. The molecule has 72 valence electrons. The van der Waals surface area contributed by atoms with E-state index in [9.17, 15) is 0 Å². The van der Waals surface area contributed by atoms with Gasteiger partial charge in [-0.2, -0.15) is 0 Å². The number of rotatable bonds is 5. The fraction of sp³-hybridized carbons (Fsp3) is 0.385. The van der Waals surface area contributed by atoms with Gasteiger partial charge in [-0.25, -0.2) is 0 Å². The van der Waals surface area contributed by atoms with Crippen molar-refractivity contribution in [2.24, 2.45) is 0 Å². The Kier molecular flexibility index (Phi) is 6.99. The number of allylic oxidation sites excluding steroid dienone is 7. The molecule has 0 nitrogen and oxygen atoms in total. The summed E-state index contributed by atoms with van der Waals surface area (Å²) in [5.74, 6) is 0. The topological polar surface area (TPSA) is 0 Å². The Morgan fingerprint density at radius 3 is 2.54 bits per heavy atom. The molecule has 0 N–H and O–H groups in total. The molecule has 0 heteroatoms. The molecule has 0 aliphatic heterocycles. The summed E-state index contributed by atoms with van der Waals surface area (Å²) in [5, 5.41) is 0. The first-order chi connectivity index (χ1) is 6.20. The Labute approximate surface area is 82.4 Å². The third-order valence-electron chi connectivity index (χ3n) is 1.94. The van der Waals surface area contributed by atoms with E-state index in [1.807, 2.05) is 13.0 Å². The minimum absolute atomic E-state index is 1.07. The molecule has 0 amide bonds. The molecule has 0 aliphatic rings. The maximum Gasteiger partial charge on any atom is -0.0285 e. The highest BCUT2D eigenvalue weighted by atomic mass is 13.9. The first-order valence-electron chi connectivity index (χ1n) is 4.78. The van der Waals surface area contributed by atoms with Crippen molar-refractivity contribution in [2.75, 3.05) is 0 Å². The molecule has 0 unspecified atom stereocenters. The summed E-state index contributed by atoms with van der Waals surface area (Å²) in [7, 11) is 0. The maximum atomic E-state index is 3.70. The number of hydrogen-bond donors (Lipinski definition) is 0. The standard InChI is InChI=1S/C13H20/c1-5-7-9-13(4)11-8-10-12(3)6-2/h5-6,8,10-11H,1,7,9H2,2-4H3. The molecule has 0 heterocycles. The molecule has 0 saturated carbocycles. The largest absolute Gasteiger partial charge is 0.103 e. The van der Waals surface area contributed by atoms with Crippen LogP contribution in [0.3, 0.4) is 0 Å². The molecule has 0 radical (unpaired) electrons. The Morgan fingerprint density at radius 2 is 2.00 bits per heavy atom. The summed E-state index contributed by atoms with van der Waals surface area (Å²) < 4.78 is 0. The minimum Gasteiger partial charge on any atom is -0.103 e. The SMILES string of the molecule is C=CCCC(C)=CC=CC(C)=CC. The van der Waals surface area contributed by atoms with Crippen LogP contribution in [0.15, 0.2) is 48.1 Å². The lowest BCUT2D eigenvalue weighted by Gasteiger charge is -1.94. The van der Waals surface area contributed by atoms with E-state index in [1.165, 1.54) is 11.1 Å². The fourth-order valence-corrected chi connectivity index (χ4v) is 0.873. The van der Waals surface area contributed by atoms with Gasteiger partial charge in [-0.05, 0) is 33.6 Å². The minimum atomic E-state index is 1.07. The first-order valence-corrected chi connectivity index (χ1v) is 4.78. The van der Waals surface area contributed by atoms with Gasteiger partial charge in [0.05, 0.1) is 0 Å². The second-order valence-electron chi connectivity index (χ2n) is 3.23. The smallest absolute Gasteiger partial charge is 0.0285 e. The van der Waals surface area contributed by atoms with Crippen molar-refractivity contribution in [3.63, 3.8) is 0 Å². The molecule has 0 aromatic rings. The zero-order valence-corrected chi connectivity index (χ0v) is 9.01. The molecule has 0 bridgehead atoms. The van der Waals surface area contributed by atoms with Crippen molar-refractivity contribution in [1.82, 2.24) is 0 Å². The Morgan fingerprint density at radius 1 is 1.31 bits per heavy atom. The quantitative estimate of drug-likeness (QED) is 0.429. The van der Waals surface area contributed by atoms with Crippen LogP contribution in [0.25, 0.3) is 0 Å². The predicted molar refractivity (Wildman–Crippen MR) is 61.8 cm³/mol. The molecule has 0 aromatic carbocycles. The van der Waals surface area contributed by atoms with Crippen molar-refractivity contribution in [3.05, 3.63) is 48.1 Å². The molecule has 0 aromatic heterocycles. The predicted octanol–water partition coefficient (Wildman–Crippen LogP) is 4.42. The molecule has 0 saturated heterocycles. The van der Waals surface area contributed by atoms with E-state index in [1.54, 1.807) is 0 Å². The van der Waals surface area contributed by atoms with E-state index < -0.39 is 0 Å². The summed E-state index contributed by atoms with van der Waals surface area (Å²) in [6.45, 7) is 10.0. The highest BCUT2D eigenvalue weighted by molar-refractivity contribution is 5.21. The molecular weight excluding hydrogens is 156 g/mol. The van der Waals surface area contributed by atoms with Crippen LogP contribution in [0.1, 0.15) is 33.6 Å². The van der Waals surface area contributed by atoms with Crippen molar-refractivity contribution in [2.45, 2.75) is 33.6 Å². The normalized spacial score (nSPS) is 13.8. The van der Waals surface area contributed by atoms with Crippen molar-refractivity contribution in [3.8, 4) is 0 Å². The molecular formula is C13H20. The van der Waals surface area contributed by atoms with Gasteiger partial charge in [0.15, 0.2) is 0 Å². The fourth-order valence-electron chi connectivity index (χ4n) is 0.873. The van der Waals surface area contributed by atoms with Gasteiger partial charge in [0.1, 0.15) is 0 Å². The van der Waals surface area contributed by atoms with Crippen molar-refractivity contribution >= 4 is 0 Å². The Balaban J connectivity index is 3.95. The summed E-state index contributed by atoms with van der Waals surface area (Å²) in [6, 6.07) is 0. The summed E-state index contributed by atoms with van der Waals surface area (Å²) in [5.41, 5.74) is 2.70. The second kappa shape index (κ2) is 7.60. The molecule has 0 spiro atoms. The van der Waals surface area contributed by atoms with E-state index in [2.05, 4.69) is 44.7 Å². The molecule has 0 aliphatic carbocycles. The van der Waals surface area contributed by atoms with E-state index >= 15 is 0 Å². The summed E-state index contributed by atoms with van der Waals surface area (Å²) >= 11 is 0. The highest BCUT2D eigenvalue weighted by Gasteiger charge is 1.84. The zero-order chi connectivity index (χ0) is 10.1. The van der Waals surface area contributed by atoms with Gasteiger partial charge in [0, 0.05) is 0 Å². The van der Waals surface area contributed by atoms with Gasteiger partial charge in [-0.15, -0.1) is 6.58 Å². The van der Waals surface area contributed by atoms with Gasteiger partial charge in [-0.3, -0.25) is 0 Å². The average molecular weight is 176 g/mol. The highest BCUT2D eigenvalue weighted by Crippen LogP contribution is 2.04. The molecule has 0 rings (SSSR count). The van der Waals surface area contributed by atoms with Gasteiger partial charge in [-0.1, -0.05) is 41.5 Å². The van der Waals surface area contributed by atoms with Crippen molar-refractivity contribution in [1.29, 1.82) is 0 Å². The van der Waals surface area contributed by atoms with Crippen LogP contribution in [0, 0.1) is 0 Å². The van der Waals surface area contributed by atoms with E-state index in [4.69, 9.17) is 0 Å². The van der Waals surface area contributed by atoms with Crippen LogP contribution in [0.5, 0.6) is 0 Å². The van der Waals surface area contributed by atoms with E-state index in [0.29, 0.717) is 0 Å².